The van der Waals surface area contributed by atoms with Crippen LogP contribution in [0.25, 0.3) is 6.08 Å². The lowest BCUT2D eigenvalue weighted by Crippen LogP contribution is -2.53. The van der Waals surface area contributed by atoms with Crippen LogP contribution in [-0.4, -0.2) is 34.2 Å². The first-order valence-corrected chi connectivity index (χ1v) is 8.09. The van der Waals surface area contributed by atoms with E-state index in [1.54, 1.807) is 6.08 Å². The van der Waals surface area contributed by atoms with E-state index in [0.717, 1.165) is 20.9 Å². The molecule has 2 aromatic carbocycles. The first-order chi connectivity index (χ1) is 12.1. The second kappa shape index (κ2) is 7.57. The molecule has 1 aliphatic rings. The molecule has 0 radical (unpaired) electrons. The highest BCUT2D eigenvalue weighted by Crippen LogP contribution is 2.15. The van der Waals surface area contributed by atoms with E-state index in [1.807, 2.05) is 60.7 Å². The minimum atomic E-state index is -0.593. The normalized spacial score (nSPS) is 15.3. The van der Waals surface area contributed by atoms with Crippen LogP contribution in [0.1, 0.15) is 17.5 Å². The number of carbonyl (C=O) groups is 3. The fraction of sp³-hybridized carbons (Fsp3) is 0.150. The number of nitrogens with zero attached hydrogens (tertiary/aromatic N) is 2. The number of imide groups is 2. The Bertz CT molecular complexity index is 800. The van der Waals surface area contributed by atoms with E-state index in [-0.39, 0.29) is 13.0 Å². The summed E-state index contributed by atoms with van der Waals surface area (Å²) in [6, 6.07) is 18.4. The van der Waals surface area contributed by atoms with E-state index < -0.39 is 17.8 Å². The van der Waals surface area contributed by atoms with Gasteiger partial charge in [-0.05, 0) is 23.6 Å². The summed E-state index contributed by atoms with van der Waals surface area (Å²) in [5.41, 5.74) is 1.90. The van der Waals surface area contributed by atoms with Gasteiger partial charge in [0.05, 0.1) is 0 Å². The zero-order valence-corrected chi connectivity index (χ0v) is 13.7. The van der Waals surface area contributed by atoms with Gasteiger partial charge in [-0.15, -0.1) is 0 Å². The third kappa shape index (κ3) is 4.01. The van der Waals surface area contributed by atoms with Crippen LogP contribution in [0, 0.1) is 0 Å². The number of rotatable bonds is 5. The molecule has 3 rings (SSSR count). The predicted molar refractivity (Wildman–Crippen MR) is 94.2 cm³/mol. The lowest BCUT2D eigenvalue weighted by molar-refractivity contribution is -0.140. The molecule has 0 unspecified atom stereocenters. The molecule has 0 N–H and O–H groups in total. The molecule has 126 valence electrons. The Balaban J connectivity index is 1.71. The first kappa shape index (κ1) is 16.6. The molecule has 0 aliphatic carbocycles. The molecule has 0 aromatic heterocycles. The molecule has 2 aromatic rings. The Morgan fingerprint density at radius 3 is 2.16 bits per heavy atom. The van der Waals surface area contributed by atoms with Crippen molar-refractivity contribution >= 4 is 23.9 Å². The summed E-state index contributed by atoms with van der Waals surface area (Å²) in [6.45, 7) is 0.255. The van der Waals surface area contributed by atoms with Crippen LogP contribution in [0.15, 0.2) is 66.9 Å². The summed E-state index contributed by atoms with van der Waals surface area (Å²) in [7, 11) is 0. The smallest absolute Gasteiger partial charge is 0.274 e. The van der Waals surface area contributed by atoms with E-state index in [1.165, 1.54) is 6.20 Å². The Labute approximate surface area is 146 Å². The number of hydrogen-bond donors (Lipinski definition) is 0. The quantitative estimate of drug-likeness (QED) is 0.790. The van der Waals surface area contributed by atoms with Crippen molar-refractivity contribution in [1.82, 2.24) is 9.80 Å². The lowest BCUT2D eigenvalue weighted by atomic mass is 10.1. The number of barbiturate groups is 1. The van der Waals surface area contributed by atoms with Crippen molar-refractivity contribution in [1.29, 1.82) is 0 Å². The Kier molecular flexibility index (Phi) is 5.04. The third-order valence-corrected chi connectivity index (χ3v) is 3.99. The zero-order valence-electron chi connectivity index (χ0n) is 13.7. The Morgan fingerprint density at radius 1 is 0.840 bits per heavy atom. The monoisotopic (exact) mass is 334 g/mol. The van der Waals surface area contributed by atoms with Crippen molar-refractivity contribution in [3.05, 3.63) is 78.0 Å². The van der Waals surface area contributed by atoms with Crippen LogP contribution in [0.2, 0.25) is 0 Å². The van der Waals surface area contributed by atoms with Crippen molar-refractivity contribution in [3.63, 3.8) is 0 Å². The molecule has 1 aliphatic heterocycles. The highest BCUT2D eigenvalue weighted by Gasteiger charge is 2.36. The Hall–Kier alpha value is -3.21. The maximum absolute atomic E-state index is 12.5. The summed E-state index contributed by atoms with van der Waals surface area (Å²) in [5.74, 6) is -0.951. The summed E-state index contributed by atoms with van der Waals surface area (Å²) in [6.07, 6.45) is 3.38. The van der Waals surface area contributed by atoms with Crippen molar-refractivity contribution in [2.24, 2.45) is 0 Å². The standard InChI is InChI=1S/C20H18N2O3/c23-18-15-19(24)22(14-12-17-9-5-2-6-10-17)20(25)21(18)13-11-16-7-3-1-4-8-16/h1-11,13H,12,14-15H2/b13-11+. The topological polar surface area (TPSA) is 57.7 Å². The molecule has 5 nitrogen and oxygen atoms in total. The van der Waals surface area contributed by atoms with E-state index in [9.17, 15) is 14.4 Å². The van der Waals surface area contributed by atoms with Crippen molar-refractivity contribution in [2.45, 2.75) is 12.8 Å². The number of hydrogen-bond acceptors (Lipinski definition) is 3. The number of amides is 4. The van der Waals surface area contributed by atoms with Gasteiger partial charge in [0.2, 0.25) is 11.8 Å². The third-order valence-electron chi connectivity index (χ3n) is 3.99. The molecule has 25 heavy (non-hydrogen) atoms. The van der Waals surface area contributed by atoms with E-state index in [4.69, 9.17) is 0 Å². The van der Waals surface area contributed by atoms with Crippen LogP contribution >= 0.6 is 0 Å². The molecule has 0 saturated carbocycles. The second-order valence-corrected chi connectivity index (χ2v) is 5.73. The van der Waals surface area contributed by atoms with Gasteiger partial charge in [-0.1, -0.05) is 60.7 Å². The maximum Gasteiger partial charge on any atom is 0.337 e. The van der Waals surface area contributed by atoms with Gasteiger partial charge in [0.1, 0.15) is 6.42 Å². The van der Waals surface area contributed by atoms with Gasteiger partial charge in [-0.25, -0.2) is 9.69 Å². The van der Waals surface area contributed by atoms with Crippen molar-refractivity contribution in [3.8, 4) is 0 Å². The van der Waals surface area contributed by atoms with E-state index in [2.05, 4.69) is 0 Å². The molecular formula is C20H18N2O3. The van der Waals surface area contributed by atoms with E-state index in [0.29, 0.717) is 6.42 Å². The highest BCUT2D eigenvalue weighted by molar-refractivity contribution is 6.14. The zero-order chi connectivity index (χ0) is 17.6. The van der Waals surface area contributed by atoms with Gasteiger partial charge in [0.15, 0.2) is 0 Å². The molecule has 0 atom stereocenters. The molecule has 5 heteroatoms. The van der Waals surface area contributed by atoms with Crippen LogP contribution in [0.4, 0.5) is 4.79 Å². The van der Waals surface area contributed by atoms with Gasteiger partial charge in [0, 0.05) is 12.7 Å². The number of benzene rings is 2. The largest absolute Gasteiger partial charge is 0.337 e. The molecule has 1 saturated heterocycles. The maximum atomic E-state index is 12.5. The van der Waals surface area contributed by atoms with Gasteiger partial charge < -0.3 is 0 Å². The number of carbonyl (C=O) groups excluding carboxylic acids is 3. The van der Waals surface area contributed by atoms with Gasteiger partial charge >= 0.3 is 6.03 Å². The lowest BCUT2D eigenvalue weighted by Gasteiger charge is -2.30. The summed E-state index contributed by atoms with van der Waals surface area (Å²) >= 11 is 0. The van der Waals surface area contributed by atoms with Crippen LogP contribution in [0.3, 0.4) is 0 Å². The molecule has 1 heterocycles. The fourth-order valence-electron chi connectivity index (χ4n) is 2.63. The Morgan fingerprint density at radius 2 is 1.48 bits per heavy atom. The van der Waals surface area contributed by atoms with Crippen LogP contribution in [0.5, 0.6) is 0 Å². The van der Waals surface area contributed by atoms with Crippen molar-refractivity contribution in [2.75, 3.05) is 6.54 Å². The summed E-state index contributed by atoms with van der Waals surface area (Å²) in [4.78, 5) is 38.9. The summed E-state index contributed by atoms with van der Waals surface area (Å²) < 4.78 is 0. The van der Waals surface area contributed by atoms with Crippen LogP contribution in [-0.2, 0) is 16.0 Å². The second-order valence-electron chi connectivity index (χ2n) is 5.73. The highest BCUT2D eigenvalue weighted by atomic mass is 16.2. The molecule has 1 fully saturated rings. The SMILES string of the molecule is O=C1CC(=O)N(CCc2ccccc2)C(=O)N1/C=C/c1ccccc1. The fourth-order valence-corrected chi connectivity index (χ4v) is 2.63. The minimum Gasteiger partial charge on any atom is -0.274 e. The molecular weight excluding hydrogens is 316 g/mol. The first-order valence-electron chi connectivity index (χ1n) is 8.09. The summed E-state index contributed by atoms with van der Waals surface area (Å²) in [5, 5.41) is 0. The molecule has 4 amide bonds. The van der Waals surface area contributed by atoms with Gasteiger partial charge in [-0.2, -0.15) is 0 Å². The number of urea groups is 1. The van der Waals surface area contributed by atoms with Crippen molar-refractivity contribution < 1.29 is 14.4 Å². The van der Waals surface area contributed by atoms with Gasteiger partial charge in [-0.3, -0.25) is 14.5 Å². The van der Waals surface area contributed by atoms with Crippen LogP contribution < -0.4 is 0 Å². The van der Waals surface area contributed by atoms with E-state index >= 15 is 0 Å². The van der Waals surface area contributed by atoms with Gasteiger partial charge in [0.25, 0.3) is 0 Å². The predicted octanol–water partition coefficient (Wildman–Crippen LogP) is 3.08. The molecule has 0 spiro atoms. The molecule has 0 bridgehead atoms. The average Bonchev–Trinajstić information content (AvgIpc) is 2.63. The average molecular weight is 334 g/mol. The minimum absolute atomic E-state index is 0.255.